The first-order chi connectivity index (χ1) is 10.7. The number of allylic oxidation sites excluding steroid dienone is 2. The molecule has 128 valence electrons. The molecule has 0 aromatic carbocycles. The van der Waals surface area contributed by atoms with E-state index in [2.05, 4.69) is 42.3 Å². The third kappa shape index (κ3) is 11.5. The van der Waals surface area contributed by atoms with Gasteiger partial charge >= 0.3 is 0 Å². The Kier molecular flexibility index (Phi) is 12.2. The van der Waals surface area contributed by atoms with Crippen LogP contribution in [0, 0.1) is 0 Å². The summed E-state index contributed by atoms with van der Waals surface area (Å²) >= 11 is 8.94. The van der Waals surface area contributed by atoms with E-state index in [4.69, 9.17) is 12.2 Å². The van der Waals surface area contributed by atoms with Crippen molar-refractivity contribution in [2.45, 2.75) is 89.6 Å². The van der Waals surface area contributed by atoms with Crippen LogP contribution in [0.4, 0.5) is 0 Å². The van der Waals surface area contributed by atoms with Gasteiger partial charge in [-0.2, -0.15) is 0 Å². The van der Waals surface area contributed by atoms with E-state index in [1.165, 1.54) is 64.2 Å². The highest BCUT2D eigenvalue weighted by Crippen LogP contribution is 2.20. The number of hydrogen-bond donors (Lipinski definition) is 3. The summed E-state index contributed by atoms with van der Waals surface area (Å²) in [5.41, 5.74) is 0. The fourth-order valence-corrected chi connectivity index (χ4v) is 3.07. The van der Waals surface area contributed by atoms with E-state index in [0.29, 0.717) is 10.4 Å². The van der Waals surface area contributed by atoms with Crippen LogP contribution in [0.5, 0.6) is 0 Å². The summed E-state index contributed by atoms with van der Waals surface area (Å²) in [6.07, 6.45) is 19.4. The molecular weight excluding hydrogens is 308 g/mol. The fourth-order valence-electron chi connectivity index (χ4n) is 2.86. The van der Waals surface area contributed by atoms with E-state index in [1.807, 2.05) is 0 Å². The molecule has 22 heavy (non-hydrogen) atoms. The second-order valence-electron chi connectivity index (χ2n) is 6.36. The summed E-state index contributed by atoms with van der Waals surface area (Å²) in [6, 6.07) is 1.43. The van der Waals surface area contributed by atoms with Crippen LogP contribution < -0.4 is 10.6 Å². The van der Waals surface area contributed by atoms with Crippen LogP contribution in [0.15, 0.2) is 12.2 Å². The summed E-state index contributed by atoms with van der Waals surface area (Å²) in [4.78, 5) is 0. The van der Waals surface area contributed by atoms with E-state index in [9.17, 15) is 0 Å². The number of unbranched alkanes of at least 4 members (excludes halogenated alkanes) is 7. The molecule has 1 fully saturated rings. The molecular formula is C18H34N2S2. The average Bonchev–Trinajstić information content (AvgIpc) is 3.23. The lowest BCUT2D eigenvalue weighted by Crippen LogP contribution is -2.19. The number of rotatable bonds is 14. The Labute approximate surface area is 148 Å². The van der Waals surface area contributed by atoms with Crippen LogP contribution in [-0.2, 0) is 0 Å². The van der Waals surface area contributed by atoms with Gasteiger partial charge in [0.05, 0.1) is 0 Å². The second kappa shape index (κ2) is 13.4. The van der Waals surface area contributed by atoms with Gasteiger partial charge in [-0.05, 0) is 38.5 Å². The van der Waals surface area contributed by atoms with Gasteiger partial charge in [-0.3, -0.25) is 0 Å². The Hall–Kier alpha value is -0.0600. The molecule has 0 bridgehead atoms. The molecule has 1 saturated heterocycles. The van der Waals surface area contributed by atoms with Gasteiger partial charge in [-0.25, -0.2) is 0 Å². The largest absolute Gasteiger partial charge is 0.371 e. The number of hydrogen-bond acceptors (Lipinski definition) is 2. The molecule has 1 aliphatic heterocycles. The minimum atomic E-state index is 0.604. The van der Waals surface area contributed by atoms with Crippen molar-refractivity contribution in [2.24, 2.45) is 0 Å². The van der Waals surface area contributed by atoms with Crippen molar-refractivity contribution >= 4 is 29.2 Å². The van der Waals surface area contributed by atoms with Crippen molar-refractivity contribution in [1.29, 1.82) is 0 Å². The molecule has 1 aliphatic rings. The van der Waals surface area contributed by atoms with E-state index < -0.39 is 0 Å². The monoisotopic (exact) mass is 342 g/mol. The fraction of sp³-hybridized carbons (Fsp3) is 0.833. The molecule has 2 unspecified atom stereocenters. The van der Waals surface area contributed by atoms with Gasteiger partial charge in [0.25, 0.3) is 0 Å². The lowest BCUT2D eigenvalue weighted by Gasteiger charge is -2.01. The number of thiol groups is 1. The van der Waals surface area contributed by atoms with Crippen LogP contribution in [0.1, 0.15) is 77.6 Å². The van der Waals surface area contributed by atoms with Crippen LogP contribution in [0.25, 0.3) is 0 Å². The summed E-state index contributed by atoms with van der Waals surface area (Å²) in [5, 5.41) is 6.64. The lowest BCUT2D eigenvalue weighted by molar-refractivity contribution is 0.610. The van der Waals surface area contributed by atoms with Crippen molar-refractivity contribution in [2.75, 3.05) is 6.54 Å². The van der Waals surface area contributed by atoms with Crippen LogP contribution in [0.2, 0.25) is 0 Å². The highest BCUT2D eigenvalue weighted by atomic mass is 32.1. The lowest BCUT2D eigenvalue weighted by atomic mass is 10.1. The van der Waals surface area contributed by atoms with Crippen molar-refractivity contribution in [3.8, 4) is 0 Å². The smallest absolute Gasteiger partial charge is 0.130 e. The molecule has 0 aromatic heterocycles. The minimum absolute atomic E-state index is 0.604. The zero-order chi connectivity index (χ0) is 16.0. The third-order valence-corrected chi connectivity index (χ3v) is 4.62. The summed E-state index contributed by atoms with van der Waals surface area (Å²) in [7, 11) is 0. The predicted octanol–water partition coefficient (Wildman–Crippen LogP) is 5.00. The van der Waals surface area contributed by atoms with E-state index in [1.54, 1.807) is 0 Å². The average molecular weight is 343 g/mol. The van der Waals surface area contributed by atoms with Gasteiger partial charge in [-0.1, -0.05) is 63.4 Å². The van der Waals surface area contributed by atoms with Gasteiger partial charge in [0.15, 0.2) is 0 Å². The molecule has 1 heterocycles. The molecule has 1 rings (SSSR count). The Balaban J connectivity index is 1.80. The predicted molar refractivity (Wildman–Crippen MR) is 106 cm³/mol. The SMILES string of the molecule is CCCCCCCC/C=C\CCCC1NC1CCNC(=S)S. The zero-order valence-electron chi connectivity index (χ0n) is 14.2. The summed E-state index contributed by atoms with van der Waals surface area (Å²) in [5.74, 6) is 0. The molecule has 2 N–H and O–H groups in total. The quantitative estimate of drug-likeness (QED) is 0.137. The van der Waals surface area contributed by atoms with Crippen molar-refractivity contribution < 1.29 is 0 Å². The second-order valence-corrected chi connectivity index (χ2v) is 7.52. The molecule has 0 saturated carbocycles. The Bertz CT molecular complexity index is 318. The van der Waals surface area contributed by atoms with Crippen LogP contribution in [0.3, 0.4) is 0 Å². The van der Waals surface area contributed by atoms with Crippen molar-refractivity contribution in [3.63, 3.8) is 0 Å². The first-order valence-corrected chi connectivity index (χ1v) is 9.97. The normalized spacial score (nSPS) is 20.5. The standard InChI is InChI=1S/C18H34N2S2/c1-2-3-4-5-6-7-8-9-10-11-12-13-16-17(20-16)14-15-19-18(21)22/h9-10,16-17,20H,2-8,11-15H2,1H3,(H2,19,21,22)/b10-9-. The molecule has 2 nitrogen and oxygen atoms in total. The molecule has 0 radical (unpaired) electrons. The van der Waals surface area contributed by atoms with Gasteiger partial charge in [0, 0.05) is 18.6 Å². The highest BCUT2D eigenvalue weighted by molar-refractivity contribution is 8.11. The molecule has 0 aromatic rings. The maximum atomic E-state index is 4.88. The first kappa shape index (κ1) is 20.0. The van der Waals surface area contributed by atoms with Crippen molar-refractivity contribution in [3.05, 3.63) is 12.2 Å². The van der Waals surface area contributed by atoms with E-state index in [0.717, 1.165) is 19.0 Å². The summed E-state index contributed by atoms with van der Waals surface area (Å²) in [6.45, 7) is 3.21. The van der Waals surface area contributed by atoms with Crippen LogP contribution >= 0.6 is 24.8 Å². The molecule has 2 atom stereocenters. The molecule has 0 amide bonds. The number of nitrogens with one attached hydrogen (secondary N) is 2. The third-order valence-electron chi connectivity index (χ3n) is 4.31. The van der Waals surface area contributed by atoms with Gasteiger partial charge in [-0.15, -0.1) is 12.6 Å². The zero-order valence-corrected chi connectivity index (χ0v) is 15.9. The maximum Gasteiger partial charge on any atom is 0.130 e. The maximum absolute atomic E-state index is 4.88. The number of thiocarbonyl (C=S) groups is 1. The molecule has 0 aliphatic carbocycles. The first-order valence-electron chi connectivity index (χ1n) is 9.12. The van der Waals surface area contributed by atoms with Gasteiger partial charge < -0.3 is 10.6 Å². The van der Waals surface area contributed by atoms with Crippen LogP contribution in [-0.4, -0.2) is 22.9 Å². The Morgan fingerprint density at radius 2 is 1.64 bits per heavy atom. The highest BCUT2D eigenvalue weighted by Gasteiger charge is 2.34. The van der Waals surface area contributed by atoms with Crippen molar-refractivity contribution in [1.82, 2.24) is 10.6 Å². The van der Waals surface area contributed by atoms with E-state index in [-0.39, 0.29) is 0 Å². The van der Waals surface area contributed by atoms with Gasteiger partial charge in [0.2, 0.25) is 0 Å². The molecule has 0 spiro atoms. The minimum Gasteiger partial charge on any atom is -0.371 e. The topological polar surface area (TPSA) is 34.0 Å². The van der Waals surface area contributed by atoms with Gasteiger partial charge in [0.1, 0.15) is 4.32 Å². The summed E-state index contributed by atoms with van der Waals surface area (Å²) < 4.78 is 0.604. The van der Waals surface area contributed by atoms with E-state index >= 15 is 0 Å². The Morgan fingerprint density at radius 3 is 2.36 bits per heavy atom. The molecule has 4 heteroatoms. The Morgan fingerprint density at radius 1 is 1.00 bits per heavy atom.